The molecule has 8 heteroatoms. The zero-order valence-electron chi connectivity index (χ0n) is 18.9. The van der Waals surface area contributed by atoms with Crippen molar-refractivity contribution in [2.24, 2.45) is 0 Å². The van der Waals surface area contributed by atoms with Gasteiger partial charge in [-0.25, -0.2) is 0 Å². The molecular weight excluding hydrogens is 436 g/mol. The van der Waals surface area contributed by atoms with E-state index in [9.17, 15) is 4.79 Å². The minimum Gasteiger partial charge on any atom is -0.494 e. The molecule has 0 bridgehead atoms. The van der Waals surface area contributed by atoms with Crippen molar-refractivity contribution in [1.82, 2.24) is 14.8 Å². The average molecular weight is 463 g/mol. The number of benzene rings is 2. The molecule has 0 spiro atoms. The number of hydrogen-bond donors (Lipinski definition) is 1. The normalized spacial score (nSPS) is 10.9. The van der Waals surface area contributed by atoms with Crippen molar-refractivity contribution in [3.8, 4) is 23.0 Å². The first-order valence-corrected chi connectivity index (χ1v) is 11.8. The lowest BCUT2D eigenvalue weighted by Crippen LogP contribution is -2.16. The molecule has 0 aliphatic rings. The van der Waals surface area contributed by atoms with Crippen LogP contribution in [0.5, 0.6) is 5.75 Å². The number of carbonyl (C=O) groups is 1. The monoisotopic (exact) mass is 462 g/mol. The first-order chi connectivity index (χ1) is 16.1. The van der Waals surface area contributed by atoms with E-state index in [1.807, 2.05) is 66.9 Å². The van der Waals surface area contributed by atoms with E-state index < -0.39 is 0 Å². The van der Waals surface area contributed by atoms with E-state index in [0.717, 1.165) is 34.7 Å². The molecule has 2 aromatic carbocycles. The van der Waals surface area contributed by atoms with Crippen molar-refractivity contribution in [1.29, 1.82) is 0 Å². The number of aromatic nitrogens is 3. The fourth-order valence-corrected chi connectivity index (χ4v) is 4.28. The lowest BCUT2D eigenvalue weighted by Gasteiger charge is -2.13. The number of anilines is 1. The van der Waals surface area contributed by atoms with Crippen LogP contribution in [0.4, 0.5) is 5.69 Å². The first-order valence-electron chi connectivity index (χ1n) is 10.8. The number of nitrogens with zero attached hydrogens (tertiary/aromatic N) is 3. The Hall–Kier alpha value is -3.52. The predicted molar refractivity (Wildman–Crippen MR) is 130 cm³/mol. The molecule has 2 heterocycles. The smallest absolute Gasteiger partial charge is 0.234 e. The van der Waals surface area contributed by atoms with Crippen molar-refractivity contribution in [2.75, 3.05) is 17.7 Å². The Labute approximate surface area is 197 Å². The van der Waals surface area contributed by atoms with E-state index in [-0.39, 0.29) is 11.7 Å². The SMILES string of the molecule is CCOc1ccc(-n2c(SCC(=O)Nc3c(C)cccc3CC)nnc2-c2ccco2)cc1. The molecule has 0 unspecified atom stereocenters. The maximum absolute atomic E-state index is 12.8. The molecule has 0 saturated carbocycles. The second-order valence-electron chi connectivity index (χ2n) is 7.35. The van der Waals surface area contributed by atoms with E-state index in [1.54, 1.807) is 12.3 Å². The first kappa shape index (κ1) is 22.7. The molecule has 0 saturated heterocycles. The quantitative estimate of drug-likeness (QED) is 0.330. The molecule has 4 aromatic rings. The van der Waals surface area contributed by atoms with Gasteiger partial charge in [0.1, 0.15) is 5.75 Å². The second kappa shape index (κ2) is 10.4. The van der Waals surface area contributed by atoms with Crippen LogP contribution in [-0.2, 0) is 11.2 Å². The van der Waals surface area contributed by atoms with Crippen molar-refractivity contribution in [3.05, 3.63) is 72.0 Å². The molecule has 0 atom stereocenters. The minimum atomic E-state index is -0.0928. The van der Waals surface area contributed by atoms with Crippen LogP contribution in [0.15, 0.2) is 70.4 Å². The fourth-order valence-electron chi connectivity index (χ4n) is 3.53. The summed E-state index contributed by atoms with van der Waals surface area (Å²) in [6.07, 6.45) is 2.45. The van der Waals surface area contributed by atoms with Crippen LogP contribution < -0.4 is 10.1 Å². The molecule has 4 rings (SSSR count). The molecule has 33 heavy (non-hydrogen) atoms. The van der Waals surface area contributed by atoms with Crippen LogP contribution in [-0.4, -0.2) is 33.0 Å². The number of aryl methyl sites for hydroxylation is 2. The van der Waals surface area contributed by atoms with Gasteiger partial charge in [0.25, 0.3) is 0 Å². The van der Waals surface area contributed by atoms with Crippen molar-refractivity contribution in [2.45, 2.75) is 32.3 Å². The second-order valence-corrected chi connectivity index (χ2v) is 8.29. The van der Waals surface area contributed by atoms with Gasteiger partial charge >= 0.3 is 0 Å². The molecule has 7 nitrogen and oxygen atoms in total. The average Bonchev–Trinajstić information content (AvgIpc) is 3.50. The van der Waals surface area contributed by atoms with E-state index in [0.29, 0.717) is 23.3 Å². The van der Waals surface area contributed by atoms with E-state index in [2.05, 4.69) is 22.4 Å². The zero-order valence-corrected chi connectivity index (χ0v) is 19.7. The number of para-hydroxylation sites is 1. The standard InChI is InChI=1S/C25H26N4O3S/c1-4-18-9-6-8-17(3)23(18)26-22(30)16-33-25-28-27-24(21-10-7-15-32-21)29(25)19-11-13-20(14-12-19)31-5-2/h6-15H,4-5,16H2,1-3H3,(H,26,30). The van der Waals surface area contributed by atoms with Crippen LogP contribution in [0.2, 0.25) is 0 Å². The van der Waals surface area contributed by atoms with E-state index in [4.69, 9.17) is 9.15 Å². The highest BCUT2D eigenvalue weighted by molar-refractivity contribution is 7.99. The Bertz CT molecular complexity index is 1220. The maximum atomic E-state index is 12.8. The summed E-state index contributed by atoms with van der Waals surface area (Å²) >= 11 is 1.33. The summed E-state index contributed by atoms with van der Waals surface area (Å²) in [5, 5.41) is 12.3. The Morgan fingerprint density at radius 2 is 1.91 bits per heavy atom. The summed E-state index contributed by atoms with van der Waals surface area (Å²) in [4.78, 5) is 12.8. The van der Waals surface area contributed by atoms with Gasteiger partial charge in [0.2, 0.25) is 11.7 Å². The third-order valence-corrected chi connectivity index (χ3v) is 6.05. The summed E-state index contributed by atoms with van der Waals surface area (Å²) < 4.78 is 13.0. The summed E-state index contributed by atoms with van der Waals surface area (Å²) in [6, 6.07) is 17.4. The molecule has 0 fully saturated rings. The number of amides is 1. The van der Waals surface area contributed by atoms with Gasteiger partial charge in [-0.05, 0) is 67.8 Å². The summed E-state index contributed by atoms with van der Waals surface area (Å²) in [5.41, 5.74) is 3.90. The van der Waals surface area contributed by atoms with Gasteiger partial charge in [-0.2, -0.15) is 0 Å². The highest BCUT2D eigenvalue weighted by Crippen LogP contribution is 2.29. The predicted octanol–water partition coefficient (Wildman–Crippen LogP) is 5.53. The van der Waals surface area contributed by atoms with Gasteiger partial charge in [0, 0.05) is 5.69 Å². The number of thioether (sulfide) groups is 1. The Morgan fingerprint density at radius 3 is 2.61 bits per heavy atom. The number of furan rings is 1. The lowest BCUT2D eigenvalue weighted by molar-refractivity contribution is -0.113. The van der Waals surface area contributed by atoms with Crippen LogP contribution in [0.3, 0.4) is 0 Å². The summed E-state index contributed by atoms with van der Waals surface area (Å²) in [6.45, 7) is 6.62. The molecule has 0 aliphatic carbocycles. The Morgan fingerprint density at radius 1 is 1.09 bits per heavy atom. The van der Waals surface area contributed by atoms with Crippen molar-refractivity contribution in [3.63, 3.8) is 0 Å². The number of hydrogen-bond acceptors (Lipinski definition) is 6. The number of ether oxygens (including phenoxy) is 1. The van der Waals surface area contributed by atoms with Crippen molar-refractivity contribution < 1.29 is 13.9 Å². The highest BCUT2D eigenvalue weighted by Gasteiger charge is 2.19. The van der Waals surface area contributed by atoms with Gasteiger partial charge in [0.05, 0.1) is 24.3 Å². The van der Waals surface area contributed by atoms with Gasteiger partial charge < -0.3 is 14.5 Å². The van der Waals surface area contributed by atoms with Crippen LogP contribution in [0.25, 0.3) is 17.3 Å². The molecule has 1 N–H and O–H groups in total. The molecule has 0 aliphatic heterocycles. The van der Waals surface area contributed by atoms with Gasteiger partial charge in [-0.1, -0.05) is 36.9 Å². The number of carbonyl (C=O) groups excluding carboxylic acids is 1. The van der Waals surface area contributed by atoms with Gasteiger partial charge in [0.15, 0.2) is 10.9 Å². The number of nitrogens with one attached hydrogen (secondary N) is 1. The Balaban J connectivity index is 1.57. The number of rotatable bonds is 9. The van der Waals surface area contributed by atoms with Crippen LogP contribution >= 0.6 is 11.8 Å². The largest absolute Gasteiger partial charge is 0.494 e. The van der Waals surface area contributed by atoms with E-state index in [1.165, 1.54) is 11.8 Å². The fraction of sp³-hybridized carbons (Fsp3) is 0.240. The van der Waals surface area contributed by atoms with Crippen molar-refractivity contribution >= 4 is 23.4 Å². The molecular formula is C25H26N4O3S. The zero-order chi connectivity index (χ0) is 23.2. The van der Waals surface area contributed by atoms with Gasteiger partial charge in [-0.15, -0.1) is 10.2 Å². The molecule has 1 amide bonds. The molecule has 0 radical (unpaired) electrons. The minimum absolute atomic E-state index is 0.0928. The Kier molecular flexibility index (Phi) is 7.14. The molecule has 170 valence electrons. The topological polar surface area (TPSA) is 82.2 Å². The summed E-state index contributed by atoms with van der Waals surface area (Å²) in [5.74, 6) is 2.06. The third-order valence-electron chi connectivity index (χ3n) is 5.12. The van der Waals surface area contributed by atoms with Crippen LogP contribution in [0.1, 0.15) is 25.0 Å². The lowest BCUT2D eigenvalue weighted by atomic mass is 10.1. The third kappa shape index (κ3) is 5.12. The maximum Gasteiger partial charge on any atom is 0.234 e. The molecule has 2 aromatic heterocycles. The van der Waals surface area contributed by atoms with Gasteiger partial charge in [-0.3, -0.25) is 9.36 Å². The summed E-state index contributed by atoms with van der Waals surface area (Å²) in [7, 11) is 0. The van der Waals surface area contributed by atoms with E-state index >= 15 is 0 Å². The highest BCUT2D eigenvalue weighted by atomic mass is 32.2. The van der Waals surface area contributed by atoms with Crippen LogP contribution in [0, 0.1) is 6.92 Å².